The Balaban J connectivity index is 2.23. The quantitative estimate of drug-likeness (QED) is 0.787. The Labute approximate surface area is 144 Å². The fourth-order valence-corrected chi connectivity index (χ4v) is 3.43. The lowest BCUT2D eigenvalue weighted by Gasteiger charge is -2.19. The van der Waals surface area contributed by atoms with Crippen molar-refractivity contribution in [1.82, 2.24) is 4.31 Å². The van der Waals surface area contributed by atoms with Crippen LogP contribution in [0.1, 0.15) is 17.5 Å². The van der Waals surface area contributed by atoms with Crippen molar-refractivity contribution in [1.29, 1.82) is 0 Å². The molecule has 0 saturated heterocycles. The van der Waals surface area contributed by atoms with Crippen LogP contribution in [0.4, 0.5) is 0 Å². The number of terminal acetylenes is 1. The SMILES string of the molecule is C#CCCN(CC#Cc1ccccc1)S(=O)(=O)c1ccc(C)cc1. The van der Waals surface area contributed by atoms with Crippen LogP contribution in [0.3, 0.4) is 0 Å². The molecule has 2 aromatic rings. The van der Waals surface area contributed by atoms with Crippen molar-refractivity contribution in [2.45, 2.75) is 18.2 Å². The zero-order chi connectivity index (χ0) is 17.4. The summed E-state index contributed by atoms with van der Waals surface area (Å²) >= 11 is 0. The molecule has 0 spiro atoms. The first kappa shape index (κ1) is 17.8. The summed E-state index contributed by atoms with van der Waals surface area (Å²) < 4.78 is 26.9. The zero-order valence-electron chi connectivity index (χ0n) is 13.6. The molecule has 2 rings (SSSR count). The molecule has 0 atom stereocenters. The maximum atomic E-state index is 12.8. The molecule has 0 radical (unpaired) electrons. The highest BCUT2D eigenvalue weighted by molar-refractivity contribution is 7.89. The summed E-state index contributed by atoms with van der Waals surface area (Å²) in [6, 6.07) is 16.2. The molecule has 0 unspecified atom stereocenters. The molecule has 2 aromatic carbocycles. The van der Waals surface area contributed by atoms with Crippen LogP contribution in [0.15, 0.2) is 59.5 Å². The maximum Gasteiger partial charge on any atom is 0.243 e. The van der Waals surface area contributed by atoms with Gasteiger partial charge >= 0.3 is 0 Å². The minimum Gasteiger partial charge on any atom is -0.207 e. The molecule has 24 heavy (non-hydrogen) atoms. The first-order valence-electron chi connectivity index (χ1n) is 7.58. The predicted molar refractivity (Wildman–Crippen MR) is 96.7 cm³/mol. The number of rotatable bonds is 5. The number of aryl methyl sites for hydroxylation is 1. The Morgan fingerprint density at radius 1 is 1.04 bits per heavy atom. The Morgan fingerprint density at radius 3 is 2.33 bits per heavy atom. The Morgan fingerprint density at radius 2 is 1.71 bits per heavy atom. The van der Waals surface area contributed by atoms with Gasteiger partial charge in [-0.25, -0.2) is 8.42 Å². The smallest absolute Gasteiger partial charge is 0.207 e. The molecule has 0 aromatic heterocycles. The Hall–Kier alpha value is -2.53. The summed E-state index contributed by atoms with van der Waals surface area (Å²) in [6.07, 6.45) is 5.64. The highest BCUT2D eigenvalue weighted by Gasteiger charge is 2.22. The number of sulfonamides is 1. The second kappa shape index (κ2) is 8.36. The van der Waals surface area contributed by atoms with Gasteiger partial charge in [0.05, 0.1) is 11.4 Å². The van der Waals surface area contributed by atoms with E-state index in [1.54, 1.807) is 24.3 Å². The molecule has 0 aliphatic heterocycles. The third-order valence-electron chi connectivity index (χ3n) is 3.43. The monoisotopic (exact) mass is 337 g/mol. The second-order valence-corrected chi connectivity index (χ2v) is 7.21. The number of nitrogens with zero attached hydrogens (tertiary/aromatic N) is 1. The Kier molecular flexibility index (Phi) is 6.21. The van der Waals surface area contributed by atoms with E-state index < -0.39 is 10.0 Å². The van der Waals surface area contributed by atoms with Crippen LogP contribution in [0.2, 0.25) is 0 Å². The summed E-state index contributed by atoms with van der Waals surface area (Å²) in [5.41, 5.74) is 1.86. The van der Waals surface area contributed by atoms with E-state index in [2.05, 4.69) is 17.8 Å². The van der Waals surface area contributed by atoms with Crippen molar-refractivity contribution in [2.75, 3.05) is 13.1 Å². The molecular formula is C20H19NO2S. The van der Waals surface area contributed by atoms with Crippen molar-refractivity contribution < 1.29 is 8.42 Å². The van der Waals surface area contributed by atoms with E-state index in [4.69, 9.17) is 6.42 Å². The van der Waals surface area contributed by atoms with Gasteiger partial charge in [-0.1, -0.05) is 47.7 Å². The molecule has 0 amide bonds. The largest absolute Gasteiger partial charge is 0.243 e. The van der Waals surface area contributed by atoms with E-state index in [1.165, 1.54) is 4.31 Å². The highest BCUT2D eigenvalue weighted by atomic mass is 32.2. The molecule has 0 aliphatic rings. The van der Waals surface area contributed by atoms with E-state index in [9.17, 15) is 8.42 Å². The molecule has 3 nitrogen and oxygen atoms in total. The van der Waals surface area contributed by atoms with Crippen LogP contribution in [0.25, 0.3) is 0 Å². The average Bonchev–Trinajstić information content (AvgIpc) is 2.59. The van der Waals surface area contributed by atoms with Crippen molar-refractivity contribution in [3.05, 3.63) is 65.7 Å². The average molecular weight is 337 g/mol. The van der Waals surface area contributed by atoms with Crippen LogP contribution in [0, 0.1) is 31.1 Å². The third-order valence-corrected chi connectivity index (χ3v) is 5.29. The summed E-state index contributed by atoms with van der Waals surface area (Å²) in [6.45, 7) is 2.26. The van der Waals surface area contributed by atoms with Crippen LogP contribution in [-0.4, -0.2) is 25.8 Å². The van der Waals surface area contributed by atoms with Gasteiger partial charge in [-0.15, -0.1) is 12.3 Å². The number of hydrogen-bond acceptors (Lipinski definition) is 2. The molecule has 0 N–H and O–H groups in total. The van der Waals surface area contributed by atoms with Gasteiger partial charge in [0.2, 0.25) is 10.0 Å². The Bertz CT molecular complexity index is 867. The minimum absolute atomic E-state index is 0.104. The van der Waals surface area contributed by atoms with Crippen LogP contribution >= 0.6 is 0 Å². The standard InChI is InChI=1S/C20H19NO2S/c1-3-4-16-21(17-8-11-19-9-6-5-7-10-19)24(22,23)20-14-12-18(2)13-15-20/h1,5-7,9-10,12-15H,4,16-17H2,2H3. The van der Waals surface area contributed by atoms with Gasteiger partial charge in [0.15, 0.2) is 0 Å². The lowest BCUT2D eigenvalue weighted by Crippen LogP contribution is -2.32. The first-order valence-corrected chi connectivity index (χ1v) is 9.02. The maximum absolute atomic E-state index is 12.8. The molecule has 0 bridgehead atoms. The predicted octanol–water partition coefficient (Wildman–Crippen LogP) is 3.06. The van der Waals surface area contributed by atoms with Gasteiger partial charge in [-0.2, -0.15) is 4.31 Å². The minimum atomic E-state index is -3.61. The van der Waals surface area contributed by atoms with Crippen molar-refractivity contribution in [3.63, 3.8) is 0 Å². The van der Waals surface area contributed by atoms with Crippen LogP contribution in [-0.2, 0) is 10.0 Å². The summed E-state index contributed by atoms with van der Waals surface area (Å²) in [4.78, 5) is 0.256. The summed E-state index contributed by atoms with van der Waals surface area (Å²) in [7, 11) is -3.61. The number of hydrogen-bond donors (Lipinski definition) is 0. The highest BCUT2D eigenvalue weighted by Crippen LogP contribution is 2.16. The third kappa shape index (κ3) is 4.73. The van der Waals surface area contributed by atoms with Gasteiger partial charge < -0.3 is 0 Å². The van der Waals surface area contributed by atoms with Gasteiger partial charge in [0.25, 0.3) is 0 Å². The van der Waals surface area contributed by atoms with Crippen molar-refractivity contribution >= 4 is 10.0 Å². The molecule has 4 heteroatoms. The van der Waals surface area contributed by atoms with Gasteiger partial charge in [0, 0.05) is 18.5 Å². The van der Waals surface area contributed by atoms with E-state index in [0.717, 1.165) is 11.1 Å². The summed E-state index contributed by atoms with van der Waals surface area (Å²) in [5, 5.41) is 0. The molecular weight excluding hydrogens is 318 g/mol. The first-order chi connectivity index (χ1) is 11.5. The molecule has 0 aliphatic carbocycles. The lowest BCUT2D eigenvalue weighted by molar-refractivity contribution is 0.454. The molecule has 0 heterocycles. The molecule has 122 valence electrons. The van der Waals surface area contributed by atoms with E-state index >= 15 is 0 Å². The second-order valence-electron chi connectivity index (χ2n) is 5.27. The van der Waals surface area contributed by atoms with E-state index in [1.807, 2.05) is 37.3 Å². The van der Waals surface area contributed by atoms with Crippen molar-refractivity contribution in [3.8, 4) is 24.2 Å². The molecule has 0 saturated carbocycles. The van der Waals surface area contributed by atoms with Crippen molar-refractivity contribution in [2.24, 2.45) is 0 Å². The normalized spacial score (nSPS) is 10.7. The van der Waals surface area contributed by atoms with Gasteiger partial charge in [-0.05, 0) is 31.2 Å². The fourth-order valence-electron chi connectivity index (χ4n) is 2.08. The molecule has 0 fully saturated rings. The van der Waals surface area contributed by atoms with Gasteiger partial charge in [0.1, 0.15) is 0 Å². The fraction of sp³-hybridized carbons (Fsp3) is 0.200. The summed E-state index contributed by atoms with van der Waals surface area (Å²) in [5.74, 6) is 8.39. The number of benzene rings is 2. The lowest BCUT2D eigenvalue weighted by atomic mass is 10.2. The van der Waals surface area contributed by atoms with Crippen LogP contribution < -0.4 is 0 Å². The topological polar surface area (TPSA) is 37.4 Å². The zero-order valence-corrected chi connectivity index (χ0v) is 14.4. The van der Waals surface area contributed by atoms with E-state index in [-0.39, 0.29) is 18.0 Å². The van der Waals surface area contributed by atoms with Gasteiger partial charge in [-0.3, -0.25) is 0 Å². The van der Waals surface area contributed by atoms with E-state index in [0.29, 0.717) is 6.42 Å². The van der Waals surface area contributed by atoms with Crippen LogP contribution in [0.5, 0.6) is 0 Å².